The minimum Gasteiger partial charge on any atom is -2.00 e. The van der Waals surface area contributed by atoms with E-state index in [1.165, 1.54) is 0 Å². The van der Waals surface area contributed by atoms with Crippen molar-refractivity contribution in [1.29, 1.82) is 0 Å². The van der Waals surface area contributed by atoms with Gasteiger partial charge in [-0.05, 0) is 0 Å². The Morgan fingerprint density at radius 1 is 0.667 bits per heavy atom. The quantitative estimate of drug-likeness (QED) is 0.552. The summed E-state index contributed by atoms with van der Waals surface area (Å²) in [7, 11) is 0. The SMILES string of the molecule is [H+].[In+3].[O-2].[O-2].[O-2].[O-2].[Zr+4]. The van der Waals surface area contributed by atoms with E-state index < -0.39 is 0 Å². The summed E-state index contributed by atoms with van der Waals surface area (Å²) in [6.07, 6.45) is 0. The molecule has 0 atom stereocenters. The standard InChI is InChI=1S/In.4O.Zr/q+3;4*-2;+4/p+1. The molecular weight excluding hydrogens is 270 g/mol. The molecule has 0 bridgehead atoms. The van der Waals surface area contributed by atoms with Gasteiger partial charge in [0.25, 0.3) is 0 Å². The zero-order valence-electron chi connectivity index (χ0n) is 3.71. The Bertz CT molecular complexity index is 11.7. The third-order valence-electron chi connectivity index (χ3n) is 0. The van der Waals surface area contributed by atoms with E-state index in [9.17, 15) is 0 Å². The Morgan fingerprint density at radius 3 is 0.667 bits per heavy atom. The van der Waals surface area contributed by atoms with Gasteiger partial charge in [0.05, 0.1) is 0 Å². The second kappa shape index (κ2) is 81.3. The van der Waals surface area contributed by atoms with Crippen LogP contribution < -0.4 is 0 Å². The molecule has 0 heterocycles. The van der Waals surface area contributed by atoms with Gasteiger partial charge in [0.15, 0.2) is 0 Å². The summed E-state index contributed by atoms with van der Waals surface area (Å²) in [6, 6.07) is 0. The number of hydrogen-bond donors (Lipinski definition) is 0. The fourth-order valence-electron chi connectivity index (χ4n) is 0. The summed E-state index contributed by atoms with van der Waals surface area (Å²) >= 11 is 0. The van der Waals surface area contributed by atoms with Crippen molar-refractivity contribution in [3.05, 3.63) is 0 Å². The molecule has 0 amide bonds. The first-order valence-electron chi connectivity index (χ1n) is 0. The van der Waals surface area contributed by atoms with Crippen molar-refractivity contribution in [1.82, 2.24) is 0 Å². The van der Waals surface area contributed by atoms with Gasteiger partial charge in [-0.15, -0.1) is 0 Å². The van der Waals surface area contributed by atoms with Crippen molar-refractivity contribution in [2.24, 2.45) is 0 Å². The summed E-state index contributed by atoms with van der Waals surface area (Å²) in [5.74, 6) is 0. The third kappa shape index (κ3) is 46.5. The molecule has 0 aliphatic heterocycles. The second-order valence-electron chi connectivity index (χ2n) is 0. The molecule has 0 rings (SSSR count). The monoisotopic (exact) mass is 270 g/mol. The van der Waals surface area contributed by atoms with Crippen molar-refractivity contribution in [2.75, 3.05) is 0 Å². The molecule has 0 fully saturated rings. The first-order valence-corrected chi connectivity index (χ1v) is 0. The molecule has 0 aliphatic carbocycles. The predicted octanol–water partition coefficient (Wildman–Crippen LogP) is -0.746. The Labute approximate surface area is 74.9 Å². The summed E-state index contributed by atoms with van der Waals surface area (Å²) in [4.78, 5) is 0. The van der Waals surface area contributed by atoms with E-state index in [1.807, 2.05) is 0 Å². The number of rotatable bonds is 0. The minimum atomic E-state index is 0. The molecule has 0 saturated carbocycles. The van der Waals surface area contributed by atoms with E-state index in [0.717, 1.165) is 0 Å². The van der Waals surface area contributed by atoms with Crippen molar-refractivity contribution >= 4 is 25.8 Å². The van der Waals surface area contributed by atoms with Gasteiger partial charge in [-0.2, -0.15) is 0 Å². The van der Waals surface area contributed by atoms with E-state index in [-0.39, 0.29) is 75.4 Å². The molecule has 4 nitrogen and oxygen atoms in total. The first-order chi connectivity index (χ1) is 0. The zero-order valence-corrected chi connectivity index (χ0v) is 8.46. The van der Waals surface area contributed by atoms with Gasteiger partial charge in [-0.25, -0.2) is 0 Å². The molecule has 0 spiro atoms. The van der Waals surface area contributed by atoms with Crippen LogP contribution in [-0.2, 0) is 48.1 Å². The predicted molar refractivity (Wildman–Crippen MR) is 9.61 cm³/mol. The summed E-state index contributed by atoms with van der Waals surface area (Å²) in [5, 5.41) is 0. The van der Waals surface area contributed by atoms with Crippen LogP contribution in [0.2, 0.25) is 0 Å². The molecule has 0 aromatic heterocycles. The summed E-state index contributed by atoms with van der Waals surface area (Å²) in [6.45, 7) is 0. The third-order valence-corrected chi connectivity index (χ3v) is 0. The first kappa shape index (κ1) is 130. The molecule has 0 aliphatic rings. The zero-order chi connectivity index (χ0) is 0. The van der Waals surface area contributed by atoms with Crippen molar-refractivity contribution in [2.45, 2.75) is 0 Å². The number of hydrogen-bond acceptors (Lipinski definition) is 0. The van der Waals surface area contributed by atoms with E-state index in [4.69, 9.17) is 0 Å². The molecule has 0 aromatic carbocycles. The maximum Gasteiger partial charge on any atom is 4.00 e. The van der Waals surface area contributed by atoms with Crippen LogP contribution in [0.3, 0.4) is 0 Å². The smallest absolute Gasteiger partial charge is 2.00 e. The molecular formula is HInO4Zr. The van der Waals surface area contributed by atoms with Crippen molar-refractivity contribution < 1.29 is 49.5 Å². The van der Waals surface area contributed by atoms with Crippen LogP contribution in [0.1, 0.15) is 1.43 Å². The molecule has 6 heavy (non-hydrogen) atoms. The van der Waals surface area contributed by atoms with Gasteiger partial charge in [0.2, 0.25) is 0 Å². The maximum atomic E-state index is 0. The van der Waals surface area contributed by atoms with Crippen LogP contribution in [0.15, 0.2) is 0 Å². The van der Waals surface area contributed by atoms with Crippen LogP contribution >= 0.6 is 0 Å². The molecule has 0 unspecified atom stereocenters. The second-order valence-corrected chi connectivity index (χ2v) is 0. The van der Waals surface area contributed by atoms with Gasteiger partial charge in [-0.1, -0.05) is 0 Å². The van der Waals surface area contributed by atoms with Crippen molar-refractivity contribution in [3.8, 4) is 0 Å². The Balaban J connectivity index is 0. The normalized spacial score (nSPS) is 0. The molecule has 0 radical (unpaired) electrons. The van der Waals surface area contributed by atoms with Crippen LogP contribution in [0.4, 0.5) is 0 Å². The van der Waals surface area contributed by atoms with Crippen molar-refractivity contribution in [3.63, 3.8) is 0 Å². The van der Waals surface area contributed by atoms with Crippen LogP contribution in [0.5, 0.6) is 0 Å². The maximum absolute atomic E-state index is 0. The largest absolute Gasteiger partial charge is 4.00 e. The van der Waals surface area contributed by atoms with Gasteiger partial charge in [-0.3, -0.25) is 0 Å². The Morgan fingerprint density at radius 2 is 0.667 bits per heavy atom. The summed E-state index contributed by atoms with van der Waals surface area (Å²) < 4.78 is 0. The van der Waals surface area contributed by atoms with E-state index in [1.54, 1.807) is 0 Å². The fourth-order valence-corrected chi connectivity index (χ4v) is 0. The molecule has 0 saturated heterocycles. The Kier molecular flexibility index (Phi) is 1760. The Hall–Kier alpha value is 1.59. The minimum absolute atomic E-state index is 0. The summed E-state index contributed by atoms with van der Waals surface area (Å²) in [5.41, 5.74) is 0. The molecule has 32 valence electrons. The average molecular weight is 271 g/mol. The molecule has 0 N–H and O–H groups in total. The van der Waals surface area contributed by atoms with Crippen LogP contribution in [0, 0.1) is 0 Å². The van der Waals surface area contributed by atoms with Gasteiger partial charge in [0, 0.05) is 0 Å². The molecule has 6 heteroatoms. The van der Waals surface area contributed by atoms with Gasteiger partial charge < -0.3 is 21.9 Å². The molecule has 0 aromatic rings. The van der Waals surface area contributed by atoms with E-state index >= 15 is 0 Å². The van der Waals surface area contributed by atoms with E-state index in [0.29, 0.717) is 0 Å². The topological polar surface area (TPSA) is 114 Å². The van der Waals surface area contributed by atoms with Crippen LogP contribution in [0.25, 0.3) is 0 Å². The van der Waals surface area contributed by atoms with Gasteiger partial charge >= 0.3 is 53.5 Å². The average Bonchev–Trinajstić information content (AvgIpc) is 0. The van der Waals surface area contributed by atoms with Gasteiger partial charge in [0.1, 0.15) is 0 Å². The fraction of sp³-hybridized carbons (Fsp3) is 0. The van der Waals surface area contributed by atoms with Crippen LogP contribution in [-0.4, -0.2) is 25.8 Å². The van der Waals surface area contributed by atoms with E-state index in [2.05, 4.69) is 0 Å².